The summed E-state index contributed by atoms with van der Waals surface area (Å²) < 4.78 is 0. The van der Waals surface area contributed by atoms with Gasteiger partial charge in [-0.15, -0.1) is 0 Å². The van der Waals surface area contributed by atoms with Crippen molar-refractivity contribution >= 4 is 40.9 Å². The number of pyridine rings is 2. The smallest absolute Gasteiger partial charge is 0.338 e. The molecule has 21 heavy (non-hydrogen) atoms. The number of nitrogens with zero attached hydrogens (tertiary/aromatic N) is 2. The van der Waals surface area contributed by atoms with E-state index < -0.39 is 5.97 Å². The first-order chi connectivity index (χ1) is 9.88. The van der Waals surface area contributed by atoms with Crippen LogP contribution in [-0.4, -0.2) is 21.0 Å². The fraction of sp³-hybridized carbons (Fsp3) is 0.214. The molecule has 0 amide bonds. The zero-order valence-electron chi connectivity index (χ0n) is 11.4. The zero-order chi connectivity index (χ0) is 15.6. The summed E-state index contributed by atoms with van der Waals surface area (Å²) in [6.07, 6.45) is 0. The second kappa shape index (κ2) is 6.64. The van der Waals surface area contributed by atoms with E-state index in [0.717, 1.165) is 5.69 Å². The minimum Gasteiger partial charge on any atom is -0.478 e. The number of halogens is 2. The van der Waals surface area contributed by atoms with Gasteiger partial charge < -0.3 is 5.11 Å². The predicted octanol–water partition coefficient (Wildman–Crippen LogP) is 4.39. The van der Waals surface area contributed by atoms with E-state index in [2.05, 4.69) is 9.97 Å². The molecule has 110 valence electrons. The number of hydrogen-bond acceptors (Lipinski definition) is 4. The molecule has 0 fully saturated rings. The van der Waals surface area contributed by atoms with Crippen LogP contribution in [0.4, 0.5) is 0 Å². The molecule has 0 saturated heterocycles. The van der Waals surface area contributed by atoms with E-state index in [1.54, 1.807) is 25.1 Å². The first-order valence-corrected chi connectivity index (χ1v) is 7.78. The summed E-state index contributed by atoms with van der Waals surface area (Å²) in [6.45, 7) is 3.58. The lowest BCUT2D eigenvalue weighted by molar-refractivity contribution is 0.0691. The summed E-state index contributed by atoms with van der Waals surface area (Å²) in [5.41, 5.74) is 2.27. The number of rotatable bonds is 4. The maximum absolute atomic E-state index is 11.4. The van der Waals surface area contributed by atoms with Crippen molar-refractivity contribution in [1.82, 2.24) is 9.97 Å². The second-order valence-corrected chi connectivity index (χ2v) is 6.18. The molecule has 2 heterocycles. The third-order valence-corrected chi connectivity index (χ3v) is 4.30. The highest BCUT2D eigenvalue weighted by Crippen LogP contribution is 2.29. The van der Waals surface area contributed by atoms with Crippen LogP contribution < -0.4 is 0 Å². The normalized spacial score (nSPS) is 10.7. The fourth-order valence-electron chi connectivity index (χ4n) is 1.86. The molecule has 7 heteroatoms. The maximum atomic E-state index is 11.4. The molecule has 1 N–H and O–H groups in total. The van der Waals surface area contributed by atoms with Crippen LogP contribution in [0.3, 0.4) is 0 Å². The Morgan fingerprint density at radius 2 is 2.00 bits per heavy atom. The van der Waals surface area contributed by atoms with E-state index in [1.807, 2.05) is 6.92 Å². The lowest BCUT2D eigenvalue weighted by Gasteiger charge is -2.09. The quantitative estimate of drug-likeness (QED) is 0.659. The van der Waals surface area contributed by atoms with Crippen LogP contribution in [0.1, 0.15) is 27.3 Å². The average Bonchev–Trinajstić information content (AvgIpc) is 2.38. The van der Waals surface area contributed by atoms with Crippen LogP contribution in [0.5, 0.6) is 0 Å². The Labute approximate surface area is 136 Å². The zero-order valence-corrected chi connectivity index (χ0v) is 13.7. The Balaban J connectivity index is 2.31. The van der Waals surface area contributed by atoms with E-state index in [-0.39, 0.29) is 5.56 Å². The Bertz CT molecular complexity index is 708. The number of aromatic carboxylic acids is 1. The first-order valence-electron chi connectivity index (χ1n) is 6.03. The predicted molar refractivity (Wildman–Crippen MR) is 84.5 cm³/mol. The van der Waals surface area contributed by atoms with E-state index in [9.17, 15) is 9.90 Å². The third kappa shape index (κ3) is 3.87. The van der Waals surface area contributed by atoms with Crippen molar-refractivity contribution in [3.05, 3.63) is 50.9 Å². The van der Waals surface area contributed by atoms with Gasteiger partial charge in [-0.05, 0) is 37.6 Å². The summed E-state index contributed by atoms with van der Waals surface area (Å²) in [7, 11) is 0. The monoisotopic (exact) mass is 342 g/mol. The number of hydrogen-bond donors (Lipinski definition) is 1. The summed E-state index contributed by atoms with van der Waals surface area (Å²) in [5.74, 6) is -0.595. The van der Waals surface area contributed by atoms with Gasteiger partial charge in [0.1, 0.15) is 10.2 Å². The number of carboxylic acid groups (broad SMARTS) is 1. The Morgan fingerprint density at radius 3 is 2.67 bits per heavy atom. The SMILES string of the molecule is Cc1cc(C)c(C(=O)O)c(SCc2nc(Cl)ccc2Cl)n1. The molecule has 0 aliphatic heterocycles. The number of aromatic nitrogens is 2. The minimum atomic E-state index is -0.993. The van der Waals surface area contributed by atoms with Gasteiger partial charge in [-0.2, -0.15) is 0 Å². The van der Waals surface area contributed by atoms with E-state index in [4.69, 9.17) is 23.2 Å². The number of carbonyl (C=O) groups is 1. The van der Waals surface area contributed by atoms with Crippen molar-refractivity contribution in [1.29, 1.82) is 0 Å². The summed E-state index contributed by atoms with van der Waals surface area (Å²) in [5, 5.41) is 10.6. The molecule has 2 aromatic rings. The van der Waals surface area contributed by atoms with Gasteiger partial charge in [0.05, 0.1) is 16.3 Å². The lowest BCUT2D eigenvalue weighted by Crippen LogP contribution is -2.05. The Kier molecular flexibility index (Phi) is 5.08. The van der Waals surface area contributed by atoms with Gasteiger partial charge in [-0.1, -0.05) is 35.0 Å². The molecule has 0 saturated carbocycles. The molecular formula is C14H12Cl2N2O2S. The molecule has 0 spiro atoms. The molecule has 0 radical (unpaired) electrons. The molecule has 4 nitrogen and oxygen atoms in total. The van der Waals surface area contributed by atoms with Gasteiger partial charge in [-0.25, -0.2) is 14.8 Å². The van der Waals surface area contributed by atoms with Gasteiger partial charge in [0.25, 0.3) is 0 Å². The second-order valence-electron chi connectivity index (χ2n) is 4.42. The molecule has 2 rings (SSSR count). The van der Waals surface area contributed by atoms with Crippen molar-refractivity contribution in [3.8, 4) is 0 Å². The molecule has 0 unspecified atom stereocenters. The van der Waals surface area contributed by atoms with Gasteiger partial charge in [0.15, 0.2) is 0 Å². The third-order valence-electron chi connectivity index (χ3n) is 2.76. The number of aryl methyl sites for hydroxylation is 2. The van der Waals surface area contributed by atoms with Gasteiger partial charge in [-0.3, -0.25) is 0 Å². The van der Waals surface area contributed by atoms with Gasteiger partial charge in [0, 0.05) is 11.4 Å². The van der Waals surface area contributed by atoms with E-state index in [0.29, 0.717) is 32.2 Å². The van der Waals surface area contributed by atoms with Crippen molar-refractivity contribution < 1.29 is 9.90 Å². The van der Waals surface area contributed by atoms with Crippen LogP contribution in [0.15, 0.2) is 23.2 Å². The highest BCUT2D eigenvalue weighted by Gasteiger charge is 2.17. The summed E-state index contributed by atoms with van der Waals surface area (Å²) in [6, 6.07) is 5.02. The summed E-state index contributed by atoms with van der Waals surface area (Å²) >= 11 is 13.2. The Hall–Kier alpha value is -1.30. The standard InChI is InChI=1S/C14H12Cl2N2O2S/c1-7-5-8(2)17-13(12(7)14(19)20)21-6-10-9(15)3-4-11(16)18-10/h3-5H,6H2,1-2H3,(H,19,20). The largest absolute Gasteiger partial charge is 0.478 e. The molecule has 2 aromatic heterocycles. The molecule has 0 aliphatic carbocycles. The highest BCUT2D eigenvalue weighted by atomic mass is 35.5. The van der Waals surface area contributed by atoms with Crippen LogP contribution in [0, 0.1) is 13.8 Å². The van der Waals surface area contributed by atoms with Crippen LogP contribution in [-0.2, 0) is 5.75 Å². The molecule has 0 aliphatic rings. The van der Waals surface area contributed by atoms with Crippen molar-refractivity contribution in [2.75, 3.05) is 0 Å². The maximum Gasteiger partial charge on any atom is 0.338 e. The topological polar surface area (TPSA) is 63.1 Å². The van der Waals surface area contributed by atoms with Crippen molar-refractivity contribution in [3.63, 3.8) is 0 Å². The van der Waals surface area contributed by atoms with Crippen LogP contribution in [0.2, 0.25) is 10.2 Å². The minimum absolute atomic E-state index is 0.212. The highest BCUT2D eigenvalue weighted by molar-refractivity contribution is 7.98. The lowest BCUT2D eigenvalue weighted by atomic mass is 10.1. The van der Waals surface area contributed by atoms with Gasteiger partial charge in [0.2, 0.25) is 0 Å². The van der Waals surface area contributed by atoms with E-state index in [1.165, 1.54) is 11.8 Å². The van der Waals surface area contributed by atoms with Gasteiger partial charge >= 0.3 is 5.97 Å². The molecule has 0 aromatic carbocycles. The molecular weight excluding hydrogens is 331 g/mol. The Morgan fingerprint density at radius 1 is 1.29 bits per heavy atom. The first kappa shape index (κ1) is 16.1. The van der Waals surface area contributed by atoms with Crippen LogP contribution in [0.25, 0.3) is 0 Å². The van der Waals surface area contributed by atoms with E-state index >= 15 is 0 Å². The van der Waals surface area contributed by atoms with Crippen molar-refractivity contribution in [2.24, 2.45) is 0 Å². The van der Waals surface area contributed by atoms with Crippen LogP contribution >= 0.6 is 35.0 Å². The number of thioether (sulfide) groups is 1. The molecule has 0 atom stereocenters. The molecule has 0 bridgehead atoms. The average molecular weight is 343 g/mol. The fourth-order valence-corrected chi connectivity index (χ4v) is 3.37. The summed E-state index contributed by atoms with van der Waals surface area (Å²) in [4.78, 5) is 19.8. The van der Waals surface area contributed by atoms with Crippen molar-refractivity contribution in [2.45, 2.75) is 24.6 Å². The number of carboxylic acids is 1.